The number of hydrogen-bond donors (Lipinski definition) is 2. The summed E-state index contributed by atoms with van der Waals surface area (Å²) in [7, 11) is 0. The van der Waals surface area contributed by atoms with Gasteiger partial charge in [-0.2, -0.15) is 0 Å². The van der Waals surface area contributed by atoms with Crippen LogP contribution in [0.15, 0.2) is 97.1 Å². The van der Waals surface area contributed by atoms with Gasteiger partial charge in [-0.15, -0.1) is 0 Å². The summed E-state index contributed by atoms with van der Waals surface area (Å²) in [5.41, 5.74) is 11.9. The standard InChI is InChI=1S/C44H50O2/c45-29-33-21-17-31(18-22-33)27-43(39-13-5-1-9-35(39)36-10-2-6-14-40(36)43)25-26-44(28-32-19-23-34(30-46)24-20-32)41-15-7-3-11-37(41)38-12-4-8-16-42(38)44/h1-16,31-34,45-46H,17-30H2. The van der Waals surface area contributed by atoms with Crippen LogP contribution in [0.5, 0.6) is 0 Å². The zero-order chi connectivity index (χ0) is 31.1. The van der Waals surface area contributed by atoms with Crippen molar-refractivity contribution in [3.63, 3.8) is 0 Å². The molecule has 4 aromatic rings. The summed E-state index contributed by atoms with van der Waals surface area (Å²) in [5, 5.41) is 19.8. The van der Waals surface area contributed by atoms with Crippen LogP contribution in [0, 0.1) is 23.7 Å². The monoisotopic (exact) mass is 610 g/mol. The number of fused-ring (bicyclic) bond motifs is 6. The molecule has 2 N–H and O–H groups in total. The Hall–Kier alpha value is -3.20. The van der Waals surface area contributed by atoms with Gasteiger partial charge in [0.2, 0.25) is 0 Å². The minimum Gasteiger partial charge on any atom is -0.396 e. The molecule has 0 atom stereocenters. The maximum absolute atomic E-state index is 9.92. The third-order valence-electron chi connectivity index (χ3n) is 13.1. The van der Waals surface area contributed by atoms with Gasteiger partial charge in [0.25, 0.3) is 0 Å². The van der Waals surface area contributed by atoms with Gasteiger partial charge in [0.15, 0.2) is 0 Å². The van der Waals surface area contributed by atoms with Crippen LogP contribution in [0.4, 0.5) is 0 Å². The first-order chi connectivity index (χ1) is 22.6. The molecule has 4 aromatic carbocycles. The number of hydrogen-bond acceptors (Lipinski definition) is 2. The minimum absolute atomic E-state index is 0.0159. The third kappa shape index (κ3) is 4.99. The fourth-order valence-corrected chi connectivity index (χ4v) is 10.7. The number of benzene rings is 4. The van der Waals surface area contributed by atoms with E-state index in [1.165, 1.54) is 60.8 Å². The summed E-state index contributed by atoms with van der Waals surface area (Å²) in [6.07, 6.45) is 14.2. The zero-order valence-electron chi connectivity index (χ0n) is 27.3. The van der Waals surface area contributed by atoms with E-state index in [0.717, 1.165) is 38.5 Å². The Bertz CT molecular complexity index is 1450. The molecule has 8 rings (SSSR count). The molecule has 0 unspecified atom stereocenters. The molecule has 0 heterocycles. The minimum atomic E-state index is -0.0159. The number of aliphatic hydroxyl groups is 2. The lowest BCUT2D eigenvalue weighted by Crippen LogP contribution is -2.36. The van der Waals surface area contributed by atoms with E-state index in [1.807, 2.05) is 0 Å². The van der Waals surface area contributed by atoms with Gasteiger partial charge in [-0.1, -0.05) is 123 Å². The van der Waals surface area contributed by atoms with E-state index in [4.69, 9.17) is 0 Å². The number of rotatable bonds is 9. The molecule has 0 bridgehead atoms. The van der Waals surface area contributed by atoms with Gasteiger partial charge >= 0.3 is 0 Å². The first kappa shape index (κ1) is 30.2. The van der Waals surface area contributed by atoms with Gasteiger partial charge in [0.1, 0.15) is 0 Å². The van der Waals surface area contributed by atoms with Crippen molar-refractivity contribution in [2.24, 2.45) is 23.7 Å². The Balaban J connectivity index is 1.23. The van der Waals surface area contributed by atoms with E-state index in [0.29, 0.717) is 36.9 Å². The van der Waals surface area contributed by atoms with Crippen molar-refractivity contribution in [1.82, 2.24) is 0 Å². The Morgan fingerprint density at radius 3 is 0.935 bits per heavy atom. The molecule has 0 radical (unpaired) electrons. The van der Waals surface area contributed by atoms with Crippen LogP contribution >= 0.6 is 0 Å². The molecule has 4 aliphatic carbocycles. The van der Waals surface area contributed by atoms with Crippen molar-refractivity contribution in [2.75, 3.05) is 13.2 Å². The Morgan fingerprint density at radius 1 is 0.391 bits per heavy atom. The van der Waals surface area contributed by atoms with Gasteiger partial charge in [-0.25, -0.2) is 0 Å². The molecule has 238 valence electrons. The lowest BCUT2D eigenvalue weighted by molar-refractivity contribution is 0.147. The largest absolute Gasteiger partial charge is 0.396 e. The molecule has 2 fully saturated rings. The fraction of sp³-hybridized carbons (Fsp3) is 0.455. The predicted molar refractivity (Wildman–Crippen MR) is 189 cm³/mol. The molecule has 2 nitrogen and oxygen atoms in total. The maximum atomic E-state index is 9.92. The van der Waals surface area contributed by atoms with Gasteiger partial charge in [-0.05, 0) is 120 Å². The second kappa shape index (κ2) is 12.4. The van der Waals surface area contributed by atoms with Crippen LogP contribution in [0.25, 0.3) is 22.3 Å². The normalized spacial score (nSPS) is 25.3. The summed E-state index contributed by atoms with van der Waals surface area (Å²) in [6, 6.07) is 37.3. The molecule has 0 amide bonds. The molecule has 46 heavy (non-hydrogen) atoms. The average Bonchev–Trinajstić information content (AvgIpc) is 3.56. The lowest BCUT2D eigenvalue weighted by atomic mass is 9.60. The number of aliphatic hydroxyl groups excluding tert-OH is 2. The van der Waals surface area contributed by atoms with Gasteiger partial charge in [-0.3, -0.25) is 0 Å². The second-order valence-corrected chi connectivity index (χ2v) is 15.4. The van der Waals surface area contributed by atoms with Crippen LogP contribution in [0.2, 0.25) is 0 Å². The lowest BCUT2D eigenvalue weighted by Gasteiger charge is -2.43. The highest BCUT2D eigenvalue weighted by Gasteiger charge is 2.49. The predicted octanol–water partition coefficient (Wildman–Crippen LogP) is 10.1. The molecular weight excluding hydrogens is 560 g/mol. The summed E-state index contributed by atoms with van der Waals surface area (Å²) >= 11 is 0. The van der Waals surface area contributed by atoms with Crippen molar-refractivity contribution in [1.29, 1.82) is 0 Å². The fourth-order valence-electron chi connectivity index (χ4n) is 10.7. The van der Waals surface area contributed by atoms with E-state index >= 15 is 0 Å². The van der Waals surface area contributed by atoms with Crippen molar-refractivity contribution in [3.05, 3.63) is 119 Å². The highest BCUT2D eigenvalue weighted by molar-refractivity contribution is 5.82. The first-order valence-corrected chi connectivity index (χ1v) is 18.3. The quantitative estimate of drug-likeness (QED) is 0.198. The second-order valence-electron chi connectivity index (χ2n) is 15.4. The van der Waals surface area contributed by atoms with Crippen molar-refractivity contribution >= 4 is 0 Å². The van der Waals surface area contributed by atoms with E-state index in [1.54, 1.807) is 22.3 Å². The maximum Gasteiger partial charge on any atom is 0.0459 e. The molecule has 0 aliphatic heterocycles. The SMILES string of the molecule is OCC1CCC(CC2(CCC3(CC4CCC(CO)CC4)c4ccccc4-c4ccccc43)c3ccccc3-c3ccccc32)CC1. The van der Waals surface area contributed by atoms with Crippen molar-refractivity contribution < 1.29 is 10.2 Å². The first-order valence-electron chi connectivity index (χ1n) is 18.3. The van der Waals surface area contributed by atoms with Crippen molar-refractivity contribution in [2.45, 2.75) is 87.9 Å². The Morgan fingerprint density at radius 2 is 0.652 bits per heavy atom. The van der Waals surface area contributed by atoms with Gasteiger partial charge < -0.3 is 10.2 Å². The molecular formula is C44H50O2. The molecule has 0 aromatic heterocycles. The van der Waals surface area contributed by atoms with Crippen LogP contribution in [0.3, 0.4) is 0 Å². The average molecular weight is 611 g/mol. The van der Waals surface area contributed by atoms with Crippen molar-refractivity contribution in [3.8, 4) is 22.3 Å². The van der Waals surface area contributed by atoms with E-state index in [-0.39, 0.29) is 10.8 Å². The molecule has 0 spiro atoms. The van der Waals surface area contributed by atoms with Crippen LogP contribution < -0.4 is 0 Å². The zero-order valence-corrected chi connectivity index (χ0v) is 27.3. The van der Waals surface area contributed by atoms with Crippen LogP contribution in [-0.2, 0) is 10.8 Å². The van der Waals surface area contributed by atoms with Gasteiger partial charge in [0, 0.05) is 24.0 Å². The van der Waals surface area contributed by atoms with Crippen LogP contribution in [-0.4, -0.2) is 23.4 Å². The highest BCUT2D eigenvalue weighted by Crippen LogP contribution is 2.60. The molecule has 2 heteroatoms. The third-order valence-corrected chi connectivity index (χ3v) is 13.1. The van der Waals surface area contributed by atoms with Crippen LogP contribution in [0.1, 0.15) is 99.3 Å². The summed E-state index contributed by atoms with van der Waals surface area (Å²) in [5.74, 6) is 2.31. The summed E-state index contributed by atoms with van der Waals surface area (Å²) in [4.78, 5) is 0. The van der Waals surface area contributed by atoms with Gasteiger partial charge in [0.05, 0.1) is 0 Å². The van der Waals surface area contributed by atoms with E-state index in [9.17, 15) is 10.2 Å². The van der Waals surface area contributed by atoms with E-state index in [2.05, 4.69) is 97.1 Å². The molecule has 0 saturated heterocycles. The molecule has 4 aliphatic rings. The summed E-state index contributed by atoms with van der Waals surface area (Å²) < 4.78 is 0. The molecule has 2 saturated carbocycles. The topological polar surface area (TPSA) is 40.5 Å². The summed E-state index contributed by atoms with van der Waals surface area (Å²) in [6.45, 7) is 0.677. The smallest absolute Gasteiger partial charge is 0.0459 e. The Labute approximate surface area is 275 Å². The highest BCUT2D eigenvalue weighted by atomic mass is 16.3. The Kier molecular flexibility index (Phi) is 8.15. The van der Waals surface area contributed by atoms with E-state index < -0.39 is 0 Å².